The van der Waals surface area contributed by atoms with Crippen LogP contribution in [0.25, 0.3) is 0 Å². The van der Waals surface area contributed by atoms with Crippen molar-refractivity contribution >= 4 is 15.7 Å². The monoisotopic (exact) mass is 315 g/mol. The van der Waals surface area contributed by atoms with Crippen LogP contribution in [-0.4, -0.2) is 32.5 Å². The lowest BCUT2D eigenvalue weighted by Crippen LogP contribution is -2.38. The van der Waals surface area contributed by atoms with Gasteiger partial charge in [-0.05, 0) is 38.9 Å². The Labute approximate surface area is 124 Å². The number of sulfonamides is 1. The number of hydrogen-bond acceptors (Lipinski definition) is 5. The van der Waals surface area contributed by atoms with Crippen molar-refractivity contribution in [2.75, 3.05) is 13.1 Å². The van der Waals surface area contributed by atoms with Crippen LogP contribution in [0, 0.1) is 24.0 Å². The molecule has 0 aliphatic rings. The van der Waals surface area contributed by atoms with Crippen molar-refractivity contribution in [3.8, 4) is 0 Å². The van der Waals surface area contributed by atoms with Gasteiger partial charge in [0.1, 0.15) is 0 Å². The number of nitro benzene ring substituents is 1. The maximum atomic E-state index is 12.3. The molecule has 1 aromatic rings. The molecule has 0 heterocycles. The first-order chi connectivity index (χ1) is 9.69. The summed E-state index contributed by atoms with van der Waals surface area (Å²) in [5.74, 6) is 0. The van der Waals surface area contributed by atoms with Gasteiger partial charge in [-0.25, -0.2) is 13.1 Å². The van der Waals surface area contributed by atoms with Gasteiger partial charge < -0.3 is 5.32 Å². The van der Waals surface area contributed by atoms with E-state index >= 15 is 0 Å². The molecule has 0 bridgehead atoms. The maximum absolute atomic E-state index is 12.3. The molecule has 0 saturated heterocycles. The molecule has 0 amide bonds. The number of likely N-dealkylation sites (N-methyl/N-ethyl adjacent to an activating group) is 1. The molecule has 2 N–H and O–H groups in total. The van der Waals surface area contributed by atoms with E-state index in [1.165, 1.54) is 6.07 Å². The second-order valence-electron chi connectivity index (χ2n) is 4.97. The van der Waals surface area contributed by atoms with E-state index in [4.69, 9.17) is 0 Å². The SMILES string of the molecule is CCN[C@H](C)CNS(=O)(=O)c1cc([N+](=O)[O-])c(C)cc1C. The average molecular weight is 315 g/mol. The molecular formula is C13H21N3O4S. The Morgan fingerprint density at radius 2 is 1.90 bits per heavy atom. The summed E-state index contributed by atoms with van der Waals surface area (Å²) in [6, 6.07) is 2.61. The fourth-order valence-electron chi connectivity index (χ4n) is 2.04. The first kappa shape index (κ1) is 17.5. The summed E-state index contributed by atoms with van der Waals surface area (Å²) in [7, 11) is -3.77. The van der Waals surface area contributed by atoms with E-state index < -0.39 is 14.9 Å². The smallest absolute Gasteiger partial charge is 0.273 e. The summed E-state index contributed by atoms with van der Waals surface area (Å²) < 4.78 is 27.0. The summed E-state index contributed by atoms with van der Waals surface area (Å²) in [4.78, 5) is 10.3. The number of aryl methyl sites for hydroxylation is 2. The molecular weight excluding hydrogens is 294 g/mol. The van der Waals surface area contributed by atoms with Gasteiger partial charge >= 0.3 is 0 Å². The van der Waals surface area contributed by atoms with Crippen molar-refractivity contribution in [1.29, 1.82) is 0 Å². The van der Waals surface area contributed by atoms with Crippen molar-refractivity contribution in [2.45, 2.75) is 38.6 Å². The minimum Gasteiger partial charge on any atom is -0.313 e. The summed E-state index contributed by atoms with van der Waals surface area (Å²) >= 11 is 0. The number of hydrogen-bond donors (Lipinski definition) is 2. The summed E-state index contributed by atoms with van der Waals surface area (Å²) in [5.41, 5.74) is 0.736. The van der Waals surface area contributed by atoms with Gasteiger partial charge in [0, 0.05) is 24.2 Å². The van der Waals surface area contributed by atoms with Crippen molar-refractivity contribution in [3.05, 3.63) is 33.4 Å². The van der Waals surface area contributed by atoms with Crippen LogP contribution in [0.5, 0.6) is 0 Å². The molecule has 0 radical (unpaired) electrons. The maximum Gasteiger partial charge on any atom is 0.273 e. The van der Waals surface area contributed by atoms with Crippen LogP contribution >= 0.6 is 0 Å². The van der Waals surface area contributed by atoms with Gasteiger partial charge in [0.15, 0.2) is 0 Å². The van der Waals surface area contributed by atoms with Gasteiger partial charge in [0.2, 0.25) is 10.0 Å². The van der Waals surface area contributed by atoms with E-state index in [1.807, 2.05) is 13.8 Å². The standard InChI is InChI=1S/C13H21N3O4S/c1-5-14-11(4)8-15-21(19,20)13-7-12(16(17)18)9(2)6-10(13)3/h6-7,11,14-15H,5,8H2,1-4H3/t11-/m1/s1. The first-order valence-corrected chi connectivity index (χ1v) is 8.16. The highest BCUT2D eigenvalue weighted by molar-refractivity contribution is 7.89. The van der Waals surface area contributed by atoms with Crippen LogP contribution in [0.4, 0.5) is 5.69 Å². The molecule has 21 heavy (non-hydrogen) atoms. The zero-order valence-electron chi connectivity index (χ0n) is 12.6. The Hall–Kier alpha value is -1.51. The molecule has 118 valence electrons. The Morgan fingerprint density at radius 1 is 1.29 bits per heavy atom. The quantitative estimate of drug-likeness (QED) is 0.586. The van der Waals surface area contributed by atoms with Crippen LogP contribution in [0.1, 0.15) is 25.0 Å². The molecule has 8 heteroatoms. The van der Waals surface area contributed by atoms with Gasteiger partial charge in [0.05, 0.1) is 9.82 Å². The second-order valence-corrected chi connectivity index (χ2v) is 6.71. The molecule has 1 atom stereocenters. The largest absolute Gasteiger partial charge is 0.313 e. The van der Waals surface area contributed by atoms with E-state index in [1.54, 1.807) is 13.8 Å². The lowest BCUT2D eigenvalue weighted by molar-refractivity contribution is -0.385. The summed E-state index contributed by atoms with van der Waals surface area (Å²) in [6.07, 6.45) is 0. The van der Waals surface area contributed by atoms with Crippen LogP contribution in [-0.2, 0) is 10.0 Å². The van der Waals surface area contributed by atoms with Gasteiger partial charge in [-0.15, -0.1) is 0 Å². The van der Waals surface area contributed by atoms with Crippen molar-refractivity contribution in [3.63, 3.8) is 0 Å². The van der Waals surface area contributed by atoms with Crippen molar-refractivity contribution in [2.24, 2.45) is 0 Å². The molecule has 0 spiro atoms. The summed E-state index contributed by atoms with van der Waals surface area (Å²) in [5, 5.41) is 14.0. The summed E-state index contributed by atoms with van der Waals surface area (Å²) in [6.45, 7) is 7.95. The van der Waals surface area contributed by atoms with Crippen LogP contribution in [0.3, 0.4) is 0 Å². The fraction of sp³-hybridized carbons (Fsp3) is 0.538. The van der Waals surface area contributed by atoms with Crippen LogP contribution in [0.2, 0.25) is 0 Å². The minimum atomic E-state index is -3.77. The molecule has 0 saturated carbocycles. The molecule has 7 nitrogen and oxygen atoms in total. The third-order valence-electron chi connectivity index (χ3n) is 3.11. The predicted octanol–water partition coefficient (Wildman–Crippen LogP) is 1.49. The zero-order chi connectivity index (χ0) is 16.2. The van der Waals surface area contributed by atoms with Crippen LogP contribution < -0.4 is 10.0 Å². The molecule has 0 fully saturated rings. The molecule has 0 aromatic heterocycles. The fourth-order valence-corrected chi connectivity index (χ4v) is 3.42. The van der Waals surface area contributed by atoms with E-state index in [0.717, 1.165) is 12.6 Å². The molecule has 0 unspecified atom stereocenters. The third-order valence-corrected chi connectivity index (χ3v) is 4.68. The third kappa shape index (κ3) is 4.48. The number of nitro groups is 1. The van der Waals surface area contributed by atoms with Gasteiger partial charge in [-0.3, -0.25) is 10.1 Å². The van der Waals surface area contributed by atoms with Crippen molar-refractivity contribution < 1.29 is 13.3 Å². The van der Waals surface area contributed by atoms with Crippen molar-refractivity contribution in [1.82, 2.24) is 10.0 Å². The Balaban J connectivity index is 3.08. The Bertz CT molecular complexity index is 629. The second kappa shape index (κ2) is 6.97. The number of benzene rings is 1. The molecule has 0 aliphatic carbocycles. The van der Waals surface area contributed by atoms with Gasteiger partial charge in [-0.1, -0.05) is 6.92 Å². The Morgan fingerprint density at radius 3 is 2.43 bits per heavy atom. The molecule has 1 aromatic carbocycles. The molecule has 0 aliphatic heterocycles. The Kier molecular flexibility index (Phi) is 5.82. The predicted molar refractivity (Wildman–Crippen MR) is 80.9 cm³/mol. The van der Waals surface area contributed by atoms with E-state index in [-0.39, 0.29) is 23.2 Å². The number of rotatable bonds is 7. The lowest BCUT2D eigenvalue weighted by Gasteiger charge is -2.15. The lowest BCUT2D eigenvalue weighted by atomic mass is 10.1. The zero-order valence-corrected chi connectivity index (χ0v) is 13.5. The topological polar surface area (TPSA) is 101 Å². The number of nitrogens with zero attached hydrogens (tertiary/aromatic N) is 1. The highest BCUT2D eigenvalue weighted by Gasteiger charge is 2.22. The van der Waals surface area contributed by atoms with E-state index in [2.05, 4.69) is 10.0 Å². The molecule has 1 rings (SSSR count). The van der Waals surface area contributed by atoms with Gasteiger partial charge in [0.25, 0.3) is 5.69 Å². The van der Waals surface area contributed by atoms with Crippen LogP contribution in [0.15, 0.2) is 17.0 Å². The van der Waals surface area contributed by atoms with E-state index in [0.29, 0.717) is 11.1 Å². The van der Waals surface area contributed by atoms with Gasteiger partial charge in [-0.2, -0.15) is 0 Å². The number of nitrogens with one attached hydrogen (secondary N) is 2. The highest BCUT2D eigenvalue weighted by Crippen LogP contribution is 2.25. The average Bonchev–Trinajstić information content (AvgIpc) is 2.36. The highest BCUT2D eigenvalue weighted by atomic mass is 32.2. The van der Waals surface area contributed by atoms with E-state index in [9.17, 15) is 18.5 Å². The first-order valence-electron chi connectivity index (χ1n) is 6.67. The normalized spacial score (nSPS) is 13.1. The minimum absolute atomic E-state index is 0.0227.